The molecule has 1 aromatic carbocycles. The summed E-state index contributed by atoms with van der Waals surface area (Å²) in [4.78, 5) is 3.83. The van der Waals surface area contributed by atoms with Crippen LogP contribution in [0.1, 0.15) is 25.8 Å². The first-order chi connectivity index (χ1) is 7.80. The van der Waals surface area contributed by atoms with E-state index < -0.39 is 11.7 Å². The van der Waals surface area contributed by atoms with Crippen LogP contribution >= 0.6 is 11.6 Å². The first kappa shape index (κ1) is 14.0. The molecule has 0 N–H and O–H groups in total. The third kappa shape index (κ3) is 4.38. The molecule has 0 atom stereocenters. The molecule has 1 rings (SSSR count). The van der Waals surface area contributed by atoms with Gasteiger partial charge in [0.25, 0.3) is 0 Å². The molecule has 0 fully saturated rings. The minimum absolute atomic E-state index is 0.134. The summed E-state index contributed by atoms with van der Waals surface area (Å²) in [5.41, 5.74) is -0.896. The number of rotatable bonds is 3. The van der Waals surface area contributed by atoms with E-state index in [0.717, 1.165) is 6.07 Å². The number of aliphatic imine (C=N–C) groups is 1. The highest BCUT2D eigenvalue weighted by molar-refractivity contribution is 6.65. The summed E-state index contributed by atoms with van der Waals surface area (Å²) in [6.45, 7) is 3.85. The van der Waals surface area contributed by atoms with Gasteiger partial charge in [0.1, 0.15) is 5.17 Å². The molecule has 5 heteroatoms. The van der Waals surface area contributed by atoms with Crippen molar-refractivity contribution in [1.82, 2.24) is 0 Å². The predicted octanol–water partition coefficient (Wildman–Crippen LogP) is 5.02. The van der Waals surface area contributed by atoms with Gasteiger partial charge < -0.3 is 0 Å². The van der Waals surface area contributed by atoms with E-state index in [9.17, 15) is 13.2 Å². The first-order valence-electron chi connectivity index (χ1n) is 5.20. The van der Waals surface area contributed by atoms with Crippen molar-refractivity contribution in [3.8, 4) is 0 Å². The van der Waals surface area contributed by atoms with E-state index in [0.29, 0.717) is 6.42 Å². The molecule has 0 radical (unpaired) electrons. The standard InChI is InChI=1S/C12H13ClF3N/c1-8(2)7-11(13)17-10-6-4-3-5-9(10)12(14,15)16/h3-6,8H,7H2,1-2H3. The summed E-state index contributed by atoms with van der Waals surface area (Å²) >= 11 is 5.82. The fraction of sp³-hybridized carbons (Fsp3) is 0.417. The molecule has 1 aromatic rings. The third-order valence-electron chi connectivity index (χ3n) is 2.03. The Balaban J connectivity index is 3.07. The molecular weight excluding hydrogens is 251 g/mol. The number of hydrogen-bond donors (Lipinski definition) is 0. The zero-order chi connectivity index (χ0) is 13.1. The topological polar surface area (TPSA) is 12.4 Å². The maximum atomic E-state index is 12.6. The highest BCUT2D eigenvalue weighted by Gasteiger charge is 2.33. The minimum Gasteiger partial charge on any atom is -0.241 e. The fourth-order valence-corrected chi connectivity index (χ4v) is 1.72. The maximum absolute atomic E-state index is 12.6. The molecule has 0 heterocycles. The van der Waals surface area contributed by atoms with Crippen LogP contribution < -0.4 is 0 Å². The van der Waals surface area contributed by atoms with Gasteiger partial charge in [-0.3, -0.25) is 0 Å². The van der Waals surface area contributed by atoms with Gasteiger partial charge in [-0.15, -0.1) is 0 Å². The van der Waals surface area contributed by atoms with Crippen molar-refractivity contribution in [3.63, 3.8) is 0 Å². The Morgan fingerprint density at radius 3 is 2.41 bits per heavy atom. The van der Waals surface area contributed by atoms with Crippen molar-refractivity contribution in [1.29, 1.82) is 0 Å². The summed E-state index contributed by atoms with van der Waals surface area (Å²) in [6.07, 6.45) is -3.94. The molecule has 0 unspecified atom stereocenters. The van der Waals surface area contributed by atoms with Crippen molar-refractivity contribution in [2.24, 2.45) is 10.9 Å². The largest absolute Gasteiger partial charge is 0.418 e. The van der Waals surface area contributed by atoms with Crippen molar-refractivity contribution in [2.75, 3.05) is 0 Å². The average Bonchev–Trinajstić information content (AvgIpc) is 2.15. The second-order valence-corrected chi connectivity index (χ2v) is 4.54. The minimum atomic E-state index is -4.41. The number of hydrogen-bond acceptors (Lipinski definition) is 1. The molecule has 17 heavy (non-hydrogen) atoms. The van der Waals surface area contributed by atoms with E-state index in [1.807, 2.05) is 13.8 Å². The van der Waals surface area contributed by atoms with E-state index in [2.05, 4.69) is 4.99 Å². The average molecular weight is 264 g/mol. The lowest BCUT2D eigenvalue weighted by Gasteiger charge is -2.10. The van der Waals surface area contributed by atoms with Crippen molar-refractivity contribution < 1.29 is 13.2 Å². The summed E-state index contributed by atoms with van der Waals surface area (Å²) in [6, 6.07) is 5.15. The highest BCUT2D eigenvalue weighted by atomic mass is 35.5. The van der Waals surface area contributed by atoms with Crippen LogP contribution in [0.4, 0.5) is 18.9 Å². The normalized spacial score (nSPS) is 13.2. The van der Waals surface area contributed by atoms with Crippen LogP contribution in [0.25, 0.3) is 0 Å². The number of nitrogens with zero attached hydrogens (tertiary/aromatic N) is 1. The fourth-order valence-electron chi connectivity index (χ4n) is 1.32. The first-order valence-corrected chi connectivity index (χ1v) is 5.57. The molecule has 0 saturated carbocycles. The summed E-state index contributed by atoms with van der Waals surface area (Å²) in [5.74, 6) is 0.254. The Morgan fingerprint density at radius 1 is 1.29 bits per heavy atom. The lowest BCUT2D eigenvalue weighted by atomic mass is 10.1. The Morgan fingerprint density at radius 2 is 1.88 bits per heavy atom. The van der Waals surface area contributed by atoms with Crippen molar-refractivity contribution >= 4 is 22.5 Å². The Labute approximate surface area is 103 Å². The van der Waals surface area contributed by atoms with Crippen molar-refractivity contribution in [3.05, 3.63) is 29.8 Å². The molecule has 0 aliphatic carbocycles. The van der Waals surface area contributed by atoms with Gasteiger partial charge in [-0.1, -0.05) is 37.6 Å². The lowest BCUT2D eigenvalue weighted by Crippen LogP contribution is -2.05. The second kappa shape index (κ2) is 5.54. The molecule has 1 nitrogen and oxygen atoms in total. The van der Waals surface area contributed by atoms with Gasteiger partial charge in [0.15, 0.2) is 0 Å². The smallest absolute Gasteiger partial charge is 0.241 e. The van der Waals surface area contributed by atoms with Gasteiger partial charge in [-0.25, -0.2) is 4.99 Å². The molecule has 0 aliphatic rings. The quantitative estimate of drug-likeness (QED) is 0.679. The zero-order valence-electron chi connectivity index (χ0n) is 9.55. The second-order valence-electron chi connectivity index (χ2n) is 4.10. The van der Waals surface area contributed by atoms with Gasteiger partial charge >= 0.3 is 6.18 Å². The summed E-state index contributed by atoms with van der Waals surface area (Å²) in [7, 11) is 0. The van der Waals surface area contributed by atoms with Crippen LogP contribution in [0.5, 0.6) is 0 Å². The molecule has 0 aromatic heterocycles. The van der Waals surface area contributed by atoms with E-state index in [-0.39, 0.29) is 16.8 Å². The molecule has 0 bridgehead atoms. The van der Waals surface area contributed by atoms with Crippen LogP contribution in [0.3, 0.4) is 0 Å². The number of para-hydroxylation sites is 1. The highest BCUT2D eigenvalue weighted by Crippen LogP contribution is 2.36. The van der Waals surface area contributed by atoms with E-state index in [1.165, 1.54) is 18.2 Å². The third-order valence-corrected chi connectivity index (χ3v) is 2.27. The molecule has 0 saturated heterocycles. The monoisotopic (exact) mass is 263 g/mol. The van der Waals surface area contributed by atoms with E-state index >= 15 is 0 Å². The van der Waals surface area contributed by atoms with E-state index in [4.69, 9.17) is 11.6 Å². The summed E-state index contributed by atoms with van der Waals surface area (Å²) in [5, 5.41) is 0.191. The summed E-state index contributed by atoms with van der Waals surface area (Å²) < 4.78 is 37.9. The van der Waals surface area contributed by atoms with Crippen LogP contribution in [-0.4, -0.2) is 5.17 Å². The van der Waals surface area contributed by atoms with Crippen LogP contribution in [0.2, 0.25) is 0 Å². The predicted molar refractivity (Wildman–Crippen MR) is 63.8 cm³/mol. The number of benzene rings is 1. The molecule has 0 spiro atoms. The van der Waals surface area contributed by atoms with Gasteiger partial charge in [0, 0.05) is 6.42 Å². The molecule has 0 aliphatic heterocycles. The molecular formula is C12H13ClF3N. The van der Waals surface area contributed by atoms with Crippen LogP contribution in [0, 0.1) is 5.92 Å². The van der Waals surface area contributed by atoms with Gasteiger partial charge in [0.2, 0.25) is 0 Å². The zero-order valence-corrected chi connectivity index (χ0v) is 10.3. The van der Waals surface area contributed by atoms with Crippen LogP contribution in [0.15, 0.2) is 29.3 Å². The Kier molecular flexibility index (Phi) is 4.57. The van der Waals surface area contributed by atoms with Crippen LogP contribution in [-0.2, 0) is 6.18 Å². The molecule has 0 amide bonds. The van der Waals surface area contributed by atoms with Crippen molar-refractivity contribution in [2.45, 2.75) is 26.4 Å². The Bertz CT molecular complexity index is 410. The lowest BCUT2D eigenvalue weighted by molar-refractivity contribution is -0.137. The maximum Gasteiger partial charge on any atom is 0.418 e. The number of alkyl halides is 3. The Hall–Kier alpha value is -1.03. The number of halogens is 4. The SMILES string of the molecule is CC(C)CC(Cl)=Nc1ccccc1C(F)(F)F. The van der Waals surface area contributed by atoms with Gasteiger partial charge in [-0.05, 0) is 18.1 Å². The van der Waals surface area contributed by atoms with Gasteiger partial charge in [0.05, 0.1) is 11.3 Å². The van der Waals surface area contributed by atoms with Gasteiger partial charge in [-0.2, -0.15) is 13.2 Å². The van der Waals surface area contributed by atoms with E-state index in [1.54, 1.807) is 0 Å². The molecule has 94 valence electrons.